The van der Waals surface area contributed by atoms with E-state index in [4.69, 9.17) is 0 Å². The Morgan fingerprint density at radius 2 is 1.63 bits per heavy atom. The maximum absolute atomic E-state index is 13.3. The molecule has 3 rings (SSSR count). The van der Waals surface area contributed by atoms with Crippen LogP contribution in [-0.2, 0) is 9.36 Å². The smallest absolute Gasteiger partial charge is 0.325 e. The molecule has 5 nitrogen and oxygen atoms in total. The second-order valence-electron chi connectivity index (χ2n) is 6.43. The summed E-state index contributed by atoms with van der Waals surface area (Å²) in [6.07, 6.45) is 0.399. The lowest BCUT2D eigenvalue weighted by atomic mass is 10.0. The van der Waals surface area contributed by atoms with E-state index in [1.165, 1.54) is 0 Å². The predicted octanol–water partition coefficient (Wildman–Crippen LogP) is 4.89. The highest BCUT2D eigenvalue weighted by Gasteiger charge is 2.36. The van der Waals surface area contributed by atoms with Gasteiger partial charge < -0.3 is 10.00 Å². The molecule has 0 saturated heterocycles. The first-order valence-electron chi connectivity index (χ1n) is 8.79. The number of hydrogen-bond donors (Lipinski definition) is 3. The standard InChI is InChI=1S/C21H22NO4P/c1-2-19(18-14-8-12-15-9-6-7-13-17(15)18)27(25,26)22-20(21(23)24)16-10-4-3-5-11-16/h3-14,19-20H,2H2,1H3,(H,23,24)(H2,22,25,26). The Kier molecular flexibility index (Phi) is 5.76. The average molecular weight is 383 g/mol. The van der Waals surface area contributed by atoms with Gasteiger partial charge >= 0.3 is 5.97 Å². The summed E-state index contributed by atoms with van der Waals surface area (Å²) < 4.78 is 13.3. The lowest BCUT2D eigenvalue weighted by Crippen LogP contribution is -2.28. The SMILES string of the molecule is CCC(c1cccc2ccccc12)P(=O)(O)NC(C(=O)O)c1ccccc1. The molecule has 3 aromatic rings. The lowest BCUT2D eigenvalue weighted by molar-refractivity contribution is -0.139. The highest BCUT2D eigenvalue weighted by molar-refractivity contribution is 7.56. The second kappa shape index (κ2) is 8.05. The fourth-order valence-electron chi connectivity index (χ4n) is 3.39. The molecular weight excluding hydrogens is 361 g/mol. The number of carboxylic acid groups (broad SMARTS) is 1. The maximum atomic E-state index is 13.3. The van der Waals surface area contributed by atoms with Crippen molar-refractivity contribution in [2.45, 2.75) is 25.0 Å². The number of carboxylic acids is 1. The minimum atomic E-state index is -4.04. The number of nitrogens with one attached hydrogen (secondary N) is 1. The van der Waals surface area contributed by atoms with Crippen molar-refractivity contribution in [3.63, 3.8) is 0 Å². The quantitative estimate of drug-likeness (QED) is 0.506. The van der Waals surface area contributed by atoms with Gasteiger partial charge in [0.25, 0.3) is 7.52 Å². The van der Waals surface area contributed by atoms with Crippen LogP contribution in [0.15, 0.2) is 72.8 Å². The molecule has 0 spiro atoms. The third kappa shape index (κ3) is 4.11. The Labute approximate surface area is 158 Å². The highest BCUT2D eigenvalue weighted by Crippen LogP contribution is 2.56. The summed E-state index contributed by atoms with van der Waals surface area (Å²) in [5.74, 6) is -1.19. The predicted molar refractivity (Wildman–Crippen MR) is 107 cm³/mol. The molecule has 0 radical (unpaired) electrons. The molecule has 0 aliphatic carbocycles. The molecular formula is C21H22NO4P. The van der Waals surface area contributed by atoms with Gasteiger partial charge in [0.2, 0.25) is 0 Å². The fourth-order valence-corrected chi connectivity index (χ4v) is 5.30. The van der Waals surface area contributed by atoms with Crippen LogP contribution in [0, 0.1) is 0 Å². The number of carbonyl (C=O) groups is 1. The molecule has 3 N–H and O–H groups in total. The van der Waals surface area contributed by atoms with Gasteiger partial charge in [-0.3, -0.25) is 9.36 Å². The highest BCUT2D eigenvalue weighted by atomic mass is 31.2. The zero-order chi connectivity index (χ0) is 19.4. The molecule has 0 heterocycles. The van der Waals surface area contributed by atoms with Crippen LogP contribution in [-0.4, -0.2) is 16.0 Å². The van der Waals surface area contributed by atoms with Crippen molar-refractivity contribution >= 4 is 24.3 Å². The summed E-state index contributed by atoms with van der Waals surface area (Å²) in [4.78, 5) is 22.6. The van der Waals surface area contributed by atoms with Gasteiger partial charge in [0.05, 0.1) is 5.66 Å². The summed E-state index contributed by atoms with van der Waals surface area (Å²) in [5.41, 5.74) is 0.465. The van der Waals surface area contributed by atoms with E-state index in [0.29, 0.717) is 12.0 Å². The van der Waals surface area contributed by atoms with E-state index < -0.39 is 25.2 Å². The van der Waals surface area contributed by atoms with Crippen LogP contribution >= 0.6 is 7.52 Å². The Morgan fingerprint density at radius 1 is 1.00 bits per heavy atom. The normalized spacial score (nSPS) is 15.8. The summed E-state index contributed by atoms with van der Waals surface area (Å²) >= 11 is 0. The van der Waals surface area contributed by atoms with E-state index in [1.54, 1.807) is 30.3 Å². The van der Waals surface area contributed by atoms with Crippen molar-refractivity contribution in [3.05, 3.63) is 83.9 Å². The molecule has 27 heavy (non-hydrogen) atoms. The minimum absolute atomic E-state index is 0.399. The van der Waals surface area contributed by atoms with E-state index in [0.717, 1.165) is 16.3 Å². The molecule has 140 valence electrons. The average Bonchev–Trinajstić information content (AvgIpc) is 2.67. The molecule has 0 fully saturated rings. The number of fused-ring (bicyclic) bond motifs is 1. The third-order valence-corrected chi connectivity index (χ3v) is 6.80. The van der Waals surface area contributed by atoms with Gasteiger partial charge in [0.15, 0.2) is 0 Å². The number of rotatable bonds is 7. The van der Waals surface area contributed by atoms with Crippen LogP contribution in [0.25, 0.3) is 10.8 Å². The zero-order valence-electron chi connectivity index (χ0n) is 14.9. The van der Waals surface area contributed by atoms with Gasteiger partial charge in [-0.2, -0.15) is 0 Å². The largest absolute Gasteiger partial charge is 0.480 e. The molecule has 0 aliphatic rings. The summed E-state index contributed by atoms with van der Waals surface area (Å²) in [7, 11) is -4.04. The van der Waals surface area contributed by atoms with Crippen molar-refractivity contribution in [2.24, 2.45) is 0 Å². The van der Waals surface area contributed by atoms with Crippen molar-refractivity contribution < 1.29 is 19.4 Å². The third-order valence-electron chi connectivity index (χ3n) is 4.69. The molecule has 6 heteroatoms. The van der Waals surface area contributed by atoms with Crippen LogP contribution in [0.3, 0.4) is 0 Å². The zero-order valence-corrected chi connectivity index (χ0v) is 15.8. The van der Waals surface area contributed by atoms with Crippen LogP contribution < -0.4 is 5.09 Å². The van der Waals surface area contributed by atoms with Gasteiger partial charge in [-0.05, 0) is 28.3 Å². The van der Waals surface area contributed by atoms with Crippen molar-refractivity contribution in [3.8, 4) is 0 Å². The lowest BCUT2D eigenvalue weighted by Gasteiger charge is -2.27. The van der Waals surface area contributed by atoms with E-state index in [2.05, 4.69) is 5.09 Å². The molecule has 0 amide bonds. The Balaban J connectivity index is 2.00. The second-order valence-corrected chi connectivity index (χ2v) is 8.55. The van der Waals surface area contributed by atoms with Crippen LogP contribution in [0.2, 0.25) is 0 Å². The monoisotopic (exact) mass is 383 g/mol. The minimum Gasteiger partial charge on any atom is -0.480 e. The maximum Gasteiger partial charge on any atom is 0.325 e. The van der Waals surface area contributed by atoms with Gasteiger partial charge in [-0.25, -0.2) is 5.09 Å². The first-order valence-corrected chi connectivity index (χ1v) is 10.5. The first-order chi connectivity index (χ1) is 12.9. The van der Waals surface area contributed by atoms with Crippen LogP contribution in [0.5, 0.6) is 0 Å². The van der Waals surface area contributed by atoms with E-state index in [1.807, 2.05) is 49.4 Å². The molecule has 0 bridgehead atoms. The van der Waals surface area contributed by atoms with Crippen molar-refractivity contribution in [1.29, 1.82) is 0 Å². The topological polar surface area (TPSA) is 86.6 Å². The summed E-state index contributed by atoms with van der Waals surface area (Å²) in [5, 5.41) is 14.0. The number of aliphatic carboxylic acids is 1. The van der Waals surface area contributed by atoms with Gasteiger partial charge in [0.1, 0.15) is 6.04 Å². The molecule has 3 aromatic carbocycles. The van der Waals surface area contributed by atoms with Crippen molar-refractivity contribution in [2.75, 3.05) is 0 Å². The summed E-state index contributed by atoms with van der Waals surface area (Å²) in [6.45, 7) is 1.83. The fraction of sp³-hybridized carbons (Fsp3) is 0.190. The molecule has 0 aromatic heterocycles. The first kappa shape index (κ1) is 19.3. The van der Waals surface area contributed by atoms with E-state index >= 15 is 0 Å². The molecule has 3 unspecified atom stereocenters. The summed E-state index contributed by atoms with van der Waals surface area (Å²) in [6, 6.07) is 20.5. The van der Waals surface area contributed by atoms with Gasteiger partial charge in [-0.1, -0.05) is 79.7 Å². The molecule has 0 saturated carbocycles. The molecule has 0 aliphatic heterocycles. The van der Waals surface area contributed by atoms with E-state index in [-0.39, 0.29) is 0 Å². The van der Waals surface area contributed by atoms with Crippen molar-refractivity contribution in [1.82, 2.24) is 5.09 Å². The Bertz CT molecular complexity index is 984. The number of benzene rings is 3. The van der Waals surface area contributed by atoms with Gasteiger partial charge in [0, 0.05) is 0 Å². The van der Waals surface area contributed by atoms with Gasteiger partial charge in [-0.15, -0.1) is 0 Å². The molecule has 3 atom stereocenters. The van der Waals surface area contributed by atoms with E-state index in [9.17, 15) is 19.4 Å². The Hall–Kier alpha value is -2.46. The number of hydrogen-bond acceptors (Lipinski definition) is 2. The van der Waals surface area contributed by atoms with Crippen LogP contribution in [0.1, 0.15) is 36.2 Å². The Morgan fingerprint density at radius 3 is 2.30 bits per heavy atom. The van der Waals surface area contributed by atoms with Crippen LogP contribution in [0.4, 0.5) is 0 Å².